The number of benzene rings is 2. The summed E-state index contributed by atoms with van der Waals surface area (Å²) in [5.74, 6) is -2.60. The van der Waals surface area contributed by atoms with Gasteiger partial charge in [-0.3, -0.25) is 14.6 Å². The van der Waals surface area contributed by atoms with Crippen molar-refractivity contribution >= 4 is 43.3 Å². The Labute approximate surface area is 262 Å². The number of amides is 1. The molecule has 11 nitrogen and oxygen atoms in total. The molecule has 44 heavy (non-hydrogen) atoms. The molecule has 1 atom stereocenters. The molecule has 3 rings (SSSR count). The average molecular weight is 666 g/mol. The van der Waals surface area contributed by atoms with E-state index in [2.05, 4.69) is 10.3 Å². The number of aliphatic hydroxyl groups excluding tert-OH is 1. The monoisotopic (exact) mass is 665 g/mol. The van der Waals surface area contributed by atoms with Crippen molar-refractivity contribution in [2.45, 2.75) is 50.7 Å². The second kappa shape index (κ2) is 15.6. The van der Waals surface area contributed by atoms with Crippen LogP contribution in [-0.4, -0.2) is 72.8 Å². The van der Waals surface area contributed by atoms with Crippen LogP contribution in [0.3, 0.4) is 0 Å². The molecular weight excluding hydrogens is 630 g/mol. The number of sulfone groups is 1. The van der Waals surface area contributed by atoms with Crippen LogP contribution in [0, 0.1) is 6.92 Å². The number of nitrogens with one attached hydrogen (secondary N) is 1. The van der Waals surface area contributed by atoms with Crippen LogP contribution < -0.4 is 5.32 Å². The highest BCUT2D eigenvalue weighted by Gasteiger charge is 2.31. The fraction of sp³-hybridized carbons (Fsp3) is 0.367. The van der Waals surface area contributed by atoms with Gasteiger partial charge in [0.25, 0.3) is 0 Å². The molecule has 238 valence electrons. The van der Waals surface area contributed by atoms with Crippen LogP contribution in [0.1, 0.15) is 48.9 Å². The van der Waals surface area contributed by atoms with Crippen LogP contribution in [0.2, 0.25) is 5.02 Å². The molecule has 0 saturated carbocycles. The Balaban J connectivity index is 1.82. The van der Waals surface area contributed by atoms with Gasteiger partial charge in [-0.2, -0.15) is 4.31 Å². The molecular formula is C30H36ClN3O8S2. The third-order valence-electron chi connectivity index (χ3n) is 7.14. The Kier molecular flexibility index (Phi) is 12.4. The van der Waals surface area contributed by atoms with Crippen LogP contribution in [0.25, 0.3) is 11.1 Å². The highest BCUT2D eigenvalue weighted by molar-refractivity contribution is 7.91. The van der Waals surface area contributed by atoms with Crippen molar-refractivity contribution in [2.75, 3.05) is 24.6 Å². The van der Waals surface area contributed by atoms with Gasteiger partial charge >= 0.3 is 5.97 Å². The average Bonchev–Trinajstić information content (AvgIpc) is 2.99. The summed E-state index contributed by atoms with van der Waals surface area (Å²) >= 11 is 6.27. The molecule has 0 radical (unpaired) electrons. The molecule has 1 amide bonds. The summed E-state index contributed by atoms with van der Waals surface area (Å²) in [7, 11) is -7.74. The summed E-state index contributed by atoms with van der Waals surface area (Å²) in [5, 5.41) is 21.3. The number of rotatable bonds is 16. The van der Waals surface area contributed by atoms with Crippen LogP contribution in [0.15, 0.2) is 65.8 Å². The minimum absolute atomic E-state index is 0.0266. The quantitative estimate of drug-likeness (QED) is 0.206. The van der Waals surface area contributed by atoms with Crippen molar-refractivity contribution in [1.29, 1.82) is 0 Å². The number of nitrogens with zero attached hydrogens (tertiary/aromatic N) is 2. The van der Waals surface area contributed by atoms with Crippen molar-refractivity contribution in [3.05, 3.63) is 82.6 Å². The van der Waals surface area contributed by atoms with Crippen LogP contribution >= 0.6 is 11.6 Å². The number of hydrogen-bond acceptors (Lipinski definition) is 8. The lowest BCUT2D eigenvalue weighted by molar-refractivity contribution is -0.136. The van der Waals surface area contributed by atoms with Gasteiger partial charge in [0.2, 0.25) is 15.9 Å². The van der Waals surface area contributed by atoms with Gasteiger partial charge in [-0.25, -0.2) is 16.8 Å². The summed E-state index contributed by atoms with van der Waals surface area (Å²) in [6, 6.07) is 13.1. The number of carboxylic acids is 1. The number of aliphatic carboxylic acids is 1. The van der Waals surface area contributed by atoms with Gasteiger partial charge < -0.3 is 15.5 Å². The SMILES string of the molecule is Cc1c(Cl)cccc1S(=O)(=O)N(CCCC(=O)NCCS(=O)(=O)CCC(=O)O)[C@@H](C)c1cccc(-c2ccncc2CO)c1. The summed E-state index contributed by atoms with van der Waals surface area (Å²) in [4.78, 5) is 27.2. The van der Waals surface area contributed by atoms with Gasteiger partial charge in [0.1, 0.15) is 0 Å². The van der Waals surface area contributed by atoms with E-state index >= 15 is 0 Å². The van der Waals surface area contributed by atoms with Gasteiger partial charge in [-0.05, 0) is 66.8 Å². The Hall–Kier alpha value is -3.36. The molecule has 14 heteroatoms. The number of hydrogen-bond donors (Lipinski definition) is 3. The zero-order chi connectivity index (χ0) is 32.5. The van der Waals surface area contributed by atoms with Crippen LogP contribution in [0.4, 0.5) is 0 Å². The topological polar surface area (TPSA) is 171 Å². The number of carboxylic acid groups (broad SMARTS) is 1. The Morgan fingerprint density at radius 3 is 2.48 bits per heavy atom. The molecule has 3 aromatic rings. The van der Waals surface area contributed by atoms with E-state index in [4.69, 9.17) is 16.7 Å². The second-order valence-electron chi connectivity index (χ2n) is 10.2. The summed E-state index contributed by atoms with van der Waals surface area (Å²) in [5.41, 5.74) is 3.24. The van der Waals surface area contributed by atoms with Crippen molar-refractivity contribution in [3.63, 3.8) is 0 Å². The molecule has 1 aromatic heterocycles. The minimum atomic E-state index is -4.10. The maximum Gasteiger partial charge on any atom is 0.304 e. The van der Waals surface area contributed by atoms with Gasteiger partial charge in [-0.15, -0.1) is 0 Å². The molecule has 0 unspecified atom stereocenters. The first-order valence-corrected chi connectivity index (χ1v) is 17.5. The number of aliphatic hydroxyl groups is 1. The first-order valence-electron chi connectivity index (χ1n) is 13.9. The third kappa shape index (κ3) is 9.32. The summed E-state index contributed by atoms with van der Waals surface area (Å²) in [6.45, 7) is 2.95. The largest absolute Gasteiger partial charge is 0.481 e. The molecule has 0 bridgehead atoms. The number of halogens is 1. The minimum Gasteiger partial charge on any atom is -0.481 e. The lowest BCUT2D eigenvalue weighted by atomic mass is 9.98. The molecule has 0 aliphatic carbocycles. The standard InChI is InChI=1S/C30H36ClN3O8S2/c1-21-27(31)8-4-9-28(21)44(41,42)34(15-5-10-29(36)33-14-17-43(39,40)16-12-30(37)38)22(2)23-6-3-7-24(18-23)26-11-13-32-19-25(26)20-35/h3-4,6-9,11,13,18-19,22,35H,5,10,12,14-17,20H2,1-2H3,(H,33,36)(H,37,38)/t22-/m0/s1. The lowest BCUT2D eigenvalue weighted by Crippen LogP contribution is -2.36. The molecule has 0 aliphatic rings. The predicted molar refractivity (Wildman–Crippen MR) is 167 cm³/mol. The van der Waals surface area contributed by atoms with E-state index in [1.807, 2.05) is 12.1 Å². The smallest absolute Gasteiger partial charge is 0.304 e. The Morgan fingerprint density at radius 2 is 1.77 bits per heavy atom. The van der Waals surface area contributed by atoms with Gasteiger partial charge in [0.05, 0.1) is 29.4 Å². The molecule has 2 aromatic carbocycles. The predicted octanol–water partition coefficient (Wildman–Crippen LogP) is 3.74. The number of sulfonamides is 1. The fourth-order valence-electron chi connectivity index (χ4n) is 4.66. The zero-order valence-electron chi connectivity index (χ0n) is 24.4. The molecule has 0 spiro atoms. The van der Waals surface area contributed by atoms with E-state index in [9.17, 15) is 31.5 Å². The molecule has 0 aliphatic heterocycles. The van der Waals surface area contributed by atoms with Crippen molar-refractivity contribution < 1.29 is 36.6 Å². The number of carbonyl (C=O) groups excluding carboxylic acids is 1. The van der Waals surface area contributed by atoms with Gasteiger partial charge in [0.15, 0.2) is 9.84 Å². The van der Waals surface area contributed by atoms with Crippen LogP contribution in [-0.2, 0) is 36.1 Å². The first kappa shape index (κ1) is 35.1. The van der Waals surface area contributed by atoms with E-state index in [-0.39, 0.29) is 37.4 Å². The highest BCUT2D eigenvalue weighted by Crippen LogP contribution is 2.33. The molecule has 0 fully saturated rings. The second-order valence-corrected chi connectivity index (χ2v) is 14.8. The normalized spacial score (nSPS) is 12.7. The molecule has 1 heterocycles. The van der Waals surface area contributed by atoms with Gasteiger partial charge in [-0.1, -0.05) is 35.9 Å². The van der Waals surface area contributed by atoms with E-state index in [1.165, 1.54) is 10.4 Å². The van der Waals surface area contributed by atoms with Gasteiger partial charge in [0, 0.05) is 48.5 Å². The summed E-state index contributed by atoms with van der Waals surface area (Å²) in [6.07, 6.45) is 2.73. The Morgan fingerprint density at radius 1 is 1.05 bits per heavy atom. The number of pyridine rings is 1. The lowest BCUT2D eigenvalue weighted by Gasteiger charge is -2.30. The Bertz CT molecular complexity index is 1700. The number of aromatic nitrogens is 1. The van der Waals surface area contributed by atoms with E-state index in [0.29, 0.717) is 21.7 Å². The molecule has 0 saturated heterocycles. The van der Waals surface area contributed by atoms with Crippen molar-refractivity contribution in [1.82, 2.24) is 14.6 Å². The number of carbonyl (C=O) groups is 2. The maximum absolute atomic E-state index is 14.1. The van der Waals surface area contributed by atoms with E-state index in [1.54, 1.807) is 56.6 Å². The zero-order valence-corrected chi connectivity index (χ0v) is 26.8. The molecule has 3 N–H and O–H groups in total. The van der Waals surface area contributed by atoms with E-state index in [0.717, 1.165) is 11.1 Å². The van der Waals surface area contributed by atoms with Crippen LogP contribution in [0.5, 0.6) is 0 Å². The fourth-order valence-corrected chi connectivity index (χ4v) is 7.90. The highest BCUT2D eigenvalue weighted by atomic mass is 35.5. The maximum atomic E-state index is 14.1. The van der Waals surface area contributed by atoms with Crippen molar-refractivity contribution in [3.8, 4) is 11.1 Å². The summed E-state index contributed by atoms with van der Waals surface area (Å²) < 4.78 is 53.4. The van der Waals surface area contributed by atoms with Crippen molar-refractivity contribution in [2.24, 2.45) is 0 Å². The first-order chi connectivity index (χ1) is 20.8. The third-order valence-corrected chi connectivity index (χ3v) is 11.3. The van der Waals surface area contributed by atoms with E-state index < -0.39 is 55.7 Å².